The molecule has 90 valence electrons. The van der Waals surface area contributed by atoms with E-state index in [1.165, 1.54) is 5.56 Å². The monoisotopic (exact) mass is 255 g/mol. The lowest BCUT2D eigenvalue weighted by Crippen LogP contribution is -1.96. The van der Waals surface area contributed by atoms with E-state index in [1.54, 1.807) is 6.20 Å². The molecule has 0 saturated carbocycles. The van der Waals surface area contributed by atoms with Crippen molar-refractivity contribution in [2.24, 2.45) is 0 Å². The molecule has 0 amide bonds. The second-order valence-corrected chi connectivity index (χ2v) is 4.55. The number of hydrogen-bond acceptors (Lipinski definition) is 2. The summed E-state index contributed by atoms with van der Waals surface area (Å²) in [4.78, 5) is 7.58. The zero-order valence-electron chi connectivity index (χ0n) is 10.1. The Balaban J connectivity index is 2.30. The van der Waals surface area contributed by atoms with Crippen molar-refractivity contribution in [1.82, 2.24) is 14.5 Å². The summed E-state index contributed by atoms with van der Waals surface area (Å²) < 4.78 is 2.65. The molecule has 0 aliphatic heterocycles. The van der Waals surface area contributed by atoms with E-state index < -0.39 is 0 Å². The normalized spacial score (nSPS) is 10.9. The van der Waals surface area contributed by atoms with Gasteiger partial charge in [0.1, 0.15) is 0 Å². The molecule has 0 aliphatic rings. The van der Waals surface area contributed by atoms with Crippen molar-refractivity contribution in [2.45, 2.75) is 13.3 Å². The van der Waals surface area contributed by atoms with Gasteiger partial charge in [-0.2, -0.15) is 0 Å². The average molecular weight is 255 g/mol. The summed E-state index contributed by atoms with van der Waals surface area (Å²) in [5.41, 5.74) is 4.18. The Morgan fingerprint density at radius 3 is 3.00 bits per heavy atom. The topological polar surface area (TPSA) is 33.6 Å². The molecule has 0 bridgehead atoms. The van der Waals surface area contributed by atoms with Crippen LogP contribution in [0.4, 0.5) is 0 Å². The first-order chi connectivity index (χ1) is 8.79. The molecule has 0 aliphatic carbocycles. The summed E-state index contributed by atoms with van der Waals surface area (Å²) in [6.45, 7) is 2.14. The van der Waals surface area contributed by atoms with Crippen LogP contribution in [-0.2, 0) is 6.42 Å². The fourth-order valence-electron chi connectivity index (χ4n) is 2.10. The van der Waals surface area contributed by atoms with Crippen molar-refractivity contribution in [2.75, 3.05) is 0 Å². The Bertz CT molecular complexity index is 755. The number of pyridine rings is 1. The quantitative estimate of drug-likeness (QED) is 0.709. The molecule has 3 aromatic rings. The lowest BCUT2D eigenvalue weighted by molar-refractivity contribution is 1.03. The number of H-pyrrole nitrogens is 1. The van der Waals surface area contributed by atoms with E-state index in [9.17, 15) is 0 Å². The minimum atomic E-state index is 0.678. The summed E-state index contributed by atoms with van der Waals surface area (Å²) >= 11 is 5.38. The molecule has 0 spiro atoms. The van der Waals surface area contributed by atoms with Crippen LogP contribution in [0.5, 0.6) is 0 Å². The van der Waals surface area contributed by atoms with E-state index in [0.717, 1.165) is 23.3 Å². The van der Waals surface area contributed by atoms with E-state index in [2.05, 4.69) is 41.2 Å². The molecule has 0 unspecified atom stereocenters. The first-order valence-corrected chi connectivity index (χ1v) is 6.35. The number of fused-ring (bicyclic) bond motifs is 1. The smallest absolute Gasteiger partial charge is 0.183 e. The zero-order valence-corrected chi connectivity index (χ0v) is 10.9. The molecule has 1 N–H and O–H groups in total. The molecular formula is C14H13N3S. The van der Waals surface area contributed by atoms with Crippen LogP contribution in [0.25, 0.3) is 16.9 Å². The van der Waals surface area contributed by atoms with Crippen molar-refractivity contribution >= 4 is 23.4 Å². The lowest BCUT2D eigenvalue weighted by atomic mass is 10.1. The van der Waals surface area contributed by atoms with Crippen LogP contribution in [0.3, 0.4) is 0 Å². The second-order valence-electron chi connectivity index (χ2n) is 4.16. The third-order valence-electron chi connectivity index (χ3n) is 3.02. The number of aromatic amines is 1. The largest absolute Gasteiger partial charge is 0.329 e. The van der Waals surface area contributed by atoms with Gasteiger partial charge in [-0.3, -0.25) is 4.57 Å². The first-order valence-electron chi connectivity index (χ1n) is 5.94. The van der Waals surface area contributed by atoms with Crippen LogP contribution >= 0.6 is 12.2 Å². The summed E-state index contributed by atoms with van der Waals surface area (Å²) in [6, 6.07) is 12.3. The van der Waals surface area contributed by atoms with Gasteiger partial charge in [0, 0.05) is 6.20 Å². The highest BCUT2D eigenvalue weighted by molar-refractivity contribution is 7.71. The van der Waals surface area contributed by atoms with Gasteiger partial charge in [-0.05, 0) is 48.5 Å². The van der Waals surface area contributed by atoms with Gasteiger partial charge in [0.15, 0.2) is 10.4 Å². The van der Waals surface area contributed by atoms with Gasteiger partial charge >= 0.3 is 0 Å². The van der Waals surface area contributed by atoms with Gasteiger partial charge in [0.25, 0.3) is 0 Å². The number of aryl methyl sites for hydroxylation is 1. The van der Waals surface area contributed by atoms with Crippen LogP contribution in [0.2, 0.25) is 0 Å². The number of rotatable bonds is 2. The second kappa shape index (κ2) is 4.38. The molecule has 1 aromatic carbocycles. The maximum atomic E-state index is 5.38. The molecule has 2 heterocycles. The predicted molar refractivity (Wildman–Crippen MR) is 75.6 cm³/mol. The Hall–Kier alpha value is -1.94. The minimum Gasteiger partial charge on any atom is -0.329 e. The maximum absolute atomic E-state index is 5.38. The third kappa shape index (κ3) is 1.75. The van der Waals surface area contributed by atoms with E-state index >= 15 is 0 Å². The molecule has 2 aromatic heterocycles. The van der Waals surface area contributed by atoms with E-state index in [1.807, 2.05) is 16.7 Å². The Morgan fingerprint density at radius 1 is 1.28 bits per heavy atom. The highest BCUT2D eigenvalue weighted by Gasteiger charge is 2.07. The van der Waals surface area contributed by atoms with E-state index in [4.69, 9.17) is 12.2 Å². The van der Waals surface area contributed by atoms with Gasteiger partial charge in [-0.15, -0.1) is 0 Å². The highest BCUT2D eigenvalue weighted by atomic mass is 32.1. The standard InChI is InChI=1S/C14H13N3S/c1-2-10-5-3-6-11(9-10)17-13-12(16-14(17)18)7-4-8-15-13/h3-9H,2H2,1H3,(H,16,18). The number of hydrogen-bond donors (Lipinski definition) is 1. The first kappa shape index (κ1) is 11.2. The molecular weight excluding hydrogens is 242 g/mol. The van der Waals surface area contributed by atoms with Crippen LogP contribution in [0.1, 0.15) is 12.5 Å². The third-order valence-corrected chi connectivity index (χ3v) is 3.30. The number of aromatic nitrogens is 3. The van der Waals surface area contributed by atoms with Crippen LogP contribution < -0.4 is 0 Å². The molecule has 0 atom stereocenters. The molecule has 0 radical (unpaired) electrons. The van der Waals surface area contributed by atoms with Crippen molar-refractivity contribution in [3.8, 4) is 5.69 Å². The summed E-state index contributed by atoms with van der Waals surface area (Å²) in [5.74, 6) is 0. The molecule has 0 saturated heterocycles. The van der Waals surface area contributed by atoms with Gasteiger partial charge in [0.05, 0.1) is 11.2 Å². The summed E-state index contributed by atoms with van der Waals surface area (Å²) in [5, 5.41) is 0. The fourth-order valence-corrected chi connectivity index (χ4v) is 2.40. The number of benzene rings is 1. The Kier molecular flexibility index (Phi) is 2.72. The van der Waals surface area contributed by atoms with Crippen LogP contribution in [0.15, 0.2) is 42.6 Å². The SMILES string of the molecule is CCc1cccc(-n2c(=S)[nH]c3cccnc32)c1. The van der Waals surface area contributed by atoms with Crippen LogP contribution in [-0.4, -0.2) is 14.5 Å². The van der Waals surface area contributed by atoms with E-state index in [-0.39, 0.29) is 0 Å². The molecule has 3 nitrogen and oxygen atoms in total. The van der Waals surface area contributed by atoms with Crippen molar-refractivity contribution in [1.29, 1.82) is 0 Å². The van der Waals surface area contributed by atoms with Crippen LogP contribution in [0, 0.1) is 4.77 Å². The summed E-state index contributed by atoms with van der Waals surface area (Å²) in [6.07, 6.45) is 2.79. The highest BCUT2D eigenvalue weighted by Crippen LogP contribution is 2.18. The predicted octanol–water partition coefficient (Wildman–Crippen LogP) is 3.65. The Labute approximate surface area is 110 Å². The van der Waals surface area contributed by atoms with Gasteiger partial charge in [-0.25, -0.2) is 4.98 Å². The van der Waals surface area contributed by atoms with Gasteiger partial charge < -0.3 is 4.98 Å². The van der Waals surface area contributed by atoms with Crippen molar-refractivity contribution < 1.29 is 0 Å². The zero-order chi connectivity index (χ0) is 12.5. The van der Waals surface area contributed by atoms with Crippen molar-refractivity contribution in [3.05, 3.63) is 52.9 Å². The van der Waals surface area contributed by atoms with Gasteiger partial charge in [-0.1, -0.05) is 19.1 Å². The minimum absolute atomic E-state index is 0.678. The Morgan fingerprint density at radius 2 is 2.17 bits per heavy atom. The molecule has 0 fully saturated rings. The maximum Gasteiger partial charge on any atom is 0.183 e. The average Bonchev–Trinajstić information content (AvgIpc) is 2.74. The molecule has 3 rings (SSSR count). The number of imidazole rings is 1. The number of nitrogens with one attached hydrogen (secondary N) is 1. The molecule has 18 heavy (non-hydrogen) atoms. The molecule has 4 heteroatoms. The lowest BCUT2D eigenvalue weighted by Gasteiger charge is -2.05. The van der Waals surface area contributed by atoms with Crippen molar-refractivity contribution in [3.63, 3.8) is 0 Å². The summed E-state index contributed by atoms with van der Waals surface area (Å²) in [7, 11) is 0. The fraction of sp³-hybridized carbons (Fsp3) is 0.143. The van der Waals surface area contributed by atoms with Gasteiger partial charge in [0.2, 0.25) is 0 Å². The van der Waals surface area contributed by atoms with E-state index in [0.29, 0.717) is 4.77 Å². The number of nitrogens with zero attached hydrogens (tertiary/aromatic N) is 2.